The topological polar surface area (TPSA) is 61.5 Å². The highest BCUT2D eigenvalue weighted by Gasteiger charge is 2.11. The lowest BCUT2D eigenvalue weighted by molar-refractivity contribution is 0.0527. The van der Waals surface area contributed by atoms with Crippen molar-refractivity contribution in [3.05, 3.63) is 23.8 Å². The Morgan fingerprint density at radius 3 is 2.60 bits per heavy atom. The van der Waals surface area contributed by atoms with Crippen LogP contribution in [0.3, 0.4) is 0 Å². The van der Waals surface area contributed by atoms with Gasteiger partial charge in [0.1, 0.15) is 5.75 Å². The van der Waals surface area contributed by atoms with E-state index < -0.39 is 5.97 Å². The van der Waals surface area contributed by atoms with Crippen LogP contribution in [0.5, 0.6) is 5.75 Å². The summed E-state index contributed by atoms with van der Waals surface area (Å²) in [6.45, 7) is 4.96. The van der Waals surface area contributed by atoms with Crippen LogP contribution in [0.25, 0.3) is 0 Å². The molecule has 0 atom stereocenters. The highest BCUT2D eigenvalue weighted by atomic mass is 16.5. The van der Waals surface area contributed by atoms with Gasteiger partial charge in [-0.15, -0.1) is 0 Å². The lowest BCUT2D eigenvalue weighted by Crippen LogP contribution is -2.08. The Morgan fingerprint density at radius 2 is 1.90 bits per heavy atom. The van der Waals surface area contributed by atoms with Crippen molar-refractivity contribution in [1.82, 2.24) is 0 Å². The summed E-state index contributed by atoms with van der Waals surface area (Å²) in [4.78, 5) is 11.7. The number of benzene rings is 1. The average Bonchev–Trinajstić information content (AvgIpc) is 2.44. The third-order valence-corrected chi connectivity index (χ3v) is 3.04. The Balaban J connectivity index is 2.46. The highest BCUT2D eigenvalue weighted by Crippen LogP contribution is 2.21. The number of carbonyl (C=O) groups is 1. The van der Waals surface area contributed by atoms with Gasteiger partial charge in [-0.05, 0) is 31.5 Å². The van der Waals surface area contributed by atoms with Gasteiger partial charge in [0.15, 0.2) is 0 Å². The van der Waals surface area contributed by atoms with Crippen molar-refractivity contribution in [1.29, 1.82) is 0 Å². The first-order chi connectivity index (χ1) is 9.69. The maximum absolute atomic E-state index is 11.7. The monoisotopic (exact) mass is 279 g/mol. The third-order valence-electron chi connectivity index (χ3n) is 3.04. The second-order valence-corrected chi connectivity index (χ2v) is 4.73. The molecule has 1 aromatic rings. The minimum atomic E-state index is -0.404. The molecule has 4 heteroatoms. The zero-order chi connectivity index (χ0) is 14.8. The largest absolute Gasteiger partial charge is 0.494 e. The van der Waals surface area contributed by atoms with E-state index >= 15 is 0 Å². The van der Waals surface area contributed by atoms with Crippen LogP contribution in [-0.2, 0) is 4.74 Å². The molecule has 20 heavy (non-hydrogen) atoms. The van der Waals surface area contributed by atoms with Crippen molar-refractivity contribution < 1.29 is 14.3 Å². The summed E-state index contributed by atoms with van der Waals surface area (Å²) < 4.78 is 10.6. The van der Waals surface area contributed by atoms with Gasteiger partial charge < -0.3 is 15.2 Å². The molecular formula is C16H25NO3. The molecule has 112 valence electrons. The van der Waals surface area contributed by atoms with Crippen LogP contribution < -0.4 is 10.5 Å². The van der Waals surface area contributed by atoms with E-state index in [1.54, 1.807) is 25.1 Å². The first kappa shape index (κ1) is 16.3. The molecular weight excluding hydrogens is 254 g/mol. The fraction of sp³-hybridized carbons (Fsp3) is 0.562. The predicted octanol–water partition coefficient (Wildman–Crippen LogP) is 3.79. The number of hydrogen-bond donors (Lipinski definition) is 1. The molecule has 0 bridgehead atoms. The number of nitrogen functional groups attached to an aromatic ring is 1. The van der Waals surface area contributed by atoms with E-state index in [9.17, 15) is 4.79 Å². The van der Waals surface area contributed by atoms with Gasteiger partial charge in [0.05, 0.1) is 18.8 Å². The zero-order valence-corrected chi connectivity index (χ0v) is 12.5. The van der Waals surface area contributed by atoms with Crippen LogP contribution in [-0.4, -0.2) is 19.2 Å². The van der Waals surface area contributed by atoms with Crippen LogP contribution in [0.4, 0.5) is 5.69 Å². The summed E-state index contributed by atoms with van der Waals surface area (Å²) in [5.41, 5.74) is 6.56. The van der Waals surface area contributed by atoms with Crippen LogP contribution in [0, 0.1) is 0 Å². The van der Waals surface area contributed by atoms with Gasteiger partial charge >= 0.3 is 5.97 Å². The lowest BCUT2D eigenvalue weighted by Gasteiger charge is -2.09. The van der Waals surface area contributed by atoms with Gasteiger partial charge in [-0.3, -0.25) is 0 Å². The molecule has 2 N–H and O–H groups in total. The molecule has 0 heterocycles. The fourth-order valence-corrected chi connectivity index (χ4v) is 1.91. The van der Waals surface area contributed by atoms with Gasteiger partial charge in [0.2, 0.25) is 0 Å². The second kappa shape index (κ2) is 9.23. The van der Waals surface area contributed by atoms with Crippen molar-refractivity contribution in [2.24, 2.45) is 0 Å². The summed E-state index contributed by atoms with van der Waals surface area (Å²) in [6, 6.07) is 5.11. The SMILES string of the molecule is CCCCCCCOc1ccc(N)c(C(=O)OCC)c1. The molecule has 0 aliphatic carbocycles. The first-order valence-electron chi connectivity index (χ1n) is 7.38. The van der Waals surface area contributed by atoms with Crippen LogP contribution in [0.2, 0.25) is 0 Å². The van der Waals surface area contributed by atoms with Gasteiger partial charge in [-0.1, -0.05) is 32.6 Å². The average molecular weight is 279 g/mol. The van der Waals surface area contributed by atoms with Gasteiger partial charge in [-0.2, -0.15) is 0 Å². The third kappa shape index (κ3) is 5.51. The number of ether oxygens (including phenoxy) is 2. The Labute approximate surface area is 121 Å². The molecule has 0 saturated heterocycles. The predicted molar refractivity (Wildman–Crippen MR) is 81.1 cm³/mol. The summed E-state index contributed by atoms with van der Waals surface area (Å²) >= 11 is 0. The van der Waals surface area contributed by atoms with Crippen molar-refractivity contribution in [2.75, 3.05) is 18.9 Å². The Morgan fingerprint density at radius 1 is 1.15 bits per heavy atom. The van der Waals surface area contributed by atoms with Crippen molar-refractivity contribution in [3.8, 4) is 5.75 Å². The standard InChI is InChI=1S/C16H25NO3/c1-3-5-6-7-8-11-20-13-9-10-15(17)14(12-13)16(18)19-4-2/h9-10,12H,3-8,11,17H2,1-2H3. The molecule has 0 aliphatic heterocycles. The van der Waals surface area contributed by atoms with Gasteiger partial charge in [-0.25, -0.2) is 4.79 Å². The molecule has 1 rings (SSSR count). The van der Waals surface area contributed by atoms with E-state index in [-0.39, 0.29) is 0 Å². The number of carbonyl (C=O) groups excluding carboxylic acids is 1. The normalized spacial score (nSPS) is 10.3. The van der Waals surface area contributed by atoms with Crippen LogP contribution in [0.15, 0.2) is 18.2 Å². The molecule has 0 saturated carbocycles. The molecule has 4 nitrogen and oxygen atoms in total. The second-order valence-electron chi connectivity index (χ2n) is 4.73. The number of rotatable bonds is 9. The molecule has 0 aromatic heterocycles. The molecule has 0 amide bonds. The van der Waals surface area contributed by atoms with Gasteiger partial charge in [0, 0.05) is 5.69 Å². The molecule has 0 radical (unpaired) electrons. The highest BCUT2D eigenvalue weighted by molar-refractivity contribution is 5.95. The van der Waals surface area contributed by atoms with Crippen LogP contribution >= 0.6 is 0 Å². The quantitative estimate of drug-likeness (QED) is 0.424. The van der Waals surface area contributed by atoms with E-state index in [1.807, 2.05) is 0 Å². The number of hydrogen-bond acceptors (Lipinski definition) is 4. The molecule has 0 fully saturated rings. The van der Waals surface area contributed by atoms with Crippen molar-refractivity contribution in [2.45, 2.75) is 46.0 Å². The Bertz CT molecular complexity index is 418. The Kier molecular flexibility index (Phi) is 7.55. The minimum Gasteiger partial charge on any atom is -0.494 e. The number of unbranched alkanes of at least 4 members (excludes halogenated alkanes) is 4. The minimum absolute atomic E-state index is 0.334. The summed E-state index contributed by atoms with van der Waals surface area (Å²) in [5.74, 6) is 0.260. The van der Waals surface area contributed by atoms with E-state index in [1.165, 1.54) is 25.7 Å². The zero-order valence-electron chi connectivity index (χ0n) is 12.5. The maximum Gasteiger partial charge on any atom is 0.340 e. The summed E-state index contributed by atoms with van der Waals surface area (Å²) in [5, 5.41) is 0. The number of esters is 1. The van der Waals surface area contributed by atoms with E-state index in [0.29, 0.717) is 30.2 Å². The molecule has 1 aromatic carbocycles. The Hall–Kier alpha value is -1.71. The molecule has 0 spiro atoms. The van der Waals surface area contributed by atoms with Gasteiger partial charge in [0.25, 0.3) is 0 Å². The van der Waals surface area contributed by atoms with Crippen molar-refractivity contribution in [3.63, 3.8) is 0 Å². The van der Waals surface area contributed by atoms with E-state index in [2.05, 4.69) is 6.92 Å². The summed E-state index contributed by atoms with van der Waals surface area (Å²) in [6.07, 6.45) is 5.96. The first-order valence-corrected chi connectivity index (χ1v) is 7.38. The maximum atomic E-state index is 11.7. The van der Waals surface area contributed by atoms with Crippen molar-refractivity contribution >= 4 is 11.7 Å². The van der Waals surface area contributed by atoms with Crippen LogP contribution in [0.1, 0.15) is 56.3 Å². The number of anilines is 1. The lowest BCUT2D eigenvalue weighted by atomic mass is 10.1. The summed E-state index contributed by atoms with van der Waals surface area (Å²) in [7, 11) is 0. The fourth-order valence-electron chi connectivity index (χ4n) is 1.91. The van der Waals surface area contributed by atoms with E-state index in [0.717, 1.165) is 6.42 Å². The van der Waals surface area contributed by atoms with E-state index in [4.69, 9.17) is 15.2 Å². The molecule has 0 aliphatic rings. The number of nitrogens with two attached hydrogens (primary N) is 1. The smallest absolute Gasteiger partial charge is 0.340 e. The molecule has 0 unspecified atom stereocenters.